The van der Waals surface area contributed by atoms with Crippen LogP contribution in [0, 0.1) is 18.3 Å². The van der Waals surface area contributed by atoms with E-state index in [1.807, 2.05) is 30.7 Å². The number of nitrogens with zero attached hydrogens (tertiary/aromatic N) is 4. The van der Waals surface area contributed by atoms with E-state index in [-0.39, 0.29) is 11.1 Å². The Labute approximate surface area is 154 Å². The van der Waals surface area contributed by atoms with Crippen molar-refractivity contribution in [3.05, 3.63) is 63.0 Å². The SMILES string of the molecule is Cc1c(C=C2CCn3c2nc2cc(C(=O)O)ccc2c3=O)cc(C#N)n1C. The van der Waals surface area contributed by atoms with Crippen LogP contribution >= 0.6 is 0 Å². The maximum atomic E-state index is 12.8. The van der Waals surface area contributed by atoms with Crippen molar-refractivity contribution in [1.82, 2.24) is 14.1 Å². The van der Waals surface area contributed by atoms with E-state index in [2.05, 4.69) is 11.1 Å². The summed E-state index contributed by atoms with van der Waals surface area (Å²) in [6, 6.07) is 8.34. The molecule has 0 amide bonds. The summed E-state index contributed by atoms with van der Waals surface area (Å²) in [7, 11) is 1.84. The van der Waals surface area contributed by atoms with Gasteiger partial charge in [-0.15, -0.1) is 0 Å². The van der Waals surface area contributed by atoms with Crippen LogP contribution in [0.15, 0.2) is 29.1 Å². The number of fused-ring (bicyclic) bond motifs is 2. The Hall–Kier alpha value is -3.66. The van der Waals surface area contributed by atoms with Crippen molar-refractivity contribution in [3.8, 4) is 6.07 Å². The van der Waals surface area contributed by atoms with Crippen LogP contribution in [0.25, 0.3) is 22.6 Å². The van der Waals surface area contributed by atoms with Crippen molar-refractivity contribution in [1.29, 1.82) is 5.26 Å². The van der Waals surface area contributed by atoms with Gasteiger partial charge < -0.3 is 9.67 Å². The maximum Gasteiger partial charge on any atom is 0.335 e. The molecule has 1 aromatic carbocycles. The molecule has 1 N–H and O–H groups in total. The molecule has 1 aliphatic heterocycles. The molecule has 27 heavy (non-hydrogen) atoms. The molecule has 0 radical (unpaired) electrons. The highest BCUT2D eigenvalue weighted by molar-refractivity contribution is 5.93. The highest BCUT2D eigenvalue weighted by atomic mass is 16.4. The lowest BCUT2D eigenvalue weighted by molar-refractivity contribution is 0.0697. The van der Waals surface area contributed by atoms with Gasteiger partial charge in [0, 0.05) is 19.3 Å². The van der Waals surface area contributed by atoms with Crippen LogP contribution in [-0.4, -0.2) is 25.2 Å². The Bertz CT molecular complexity index is 1250. The van der Waals surface area contributed by atoms with Gasteiger partial charge in [-0.1, -0.05) is 0 Å². The third-order valence-corrected chi connectivity index (χ3v) is 5.11. The van der Waals surface area contributed by atoms with Crippen molar-refractivity contribution in [3.63, 3.8) is 0 Å². The zero-order valence-corrected chi connectivity index (χ0v) is 14.9. The van der Waals surface area contributed by atoms with E-state index < -0.39 is 5.97 Å². The highest BCUT2D eigenvalue weighted by Gasteiger charge is 2.22. The molecule has 7 heteroatoms. The lowest BCUT2D eigenvalue weighted by Crippen LogP contribution is -2.21. The molecule has 7 nitrogen and oxygen atoms in total. The van der Waals surface area contributed by atoms with Gasteiger partial charge >= 0.3 is 5.97 Å². The normalized spacial score (nSPS) is 14.5. The zero-order chi connectivity index (χ0) is 19.3. The summed E-state index contributed by atoms with van der Waals surface area (Å²) in [5, 5.41) is 18.8. The van der Waals surface area contributed by atoms with E-state index >= 15 is 0 Å². The Kier molecular flexibility index (Phi) is 3.70. The van der Waals surface area contributed by atoms with Gasteiger partial charge in [-0.25, -0.2) is 9.78 Å². The Balaban J connectivity index is 1.91. The predicted molar refractivity (Wildman–Crippen MR) is 100 cm³/mol. The van der Waals surface area contributed by atoms with Gasteiger partial charge in [0.1, 0.15) is 17.6 Å². The van der Waals surface area contributed by atoms with Crippen LogP contribution in [0.4, 0.5) is 0 Å². The highest BCUT2D eigenvalue weighted by Crippen LogP contribution is 2.29. The number of aromatic carboxylic acids is 1. The lowest BCUT2D eigenvalue weighted by Gasteiger charge is -2.06. The van der Waals surface area contributed by atoms with Crippen LogP contribution in [-0.2, 0) is 13.6 Å². The zero-order valence-electron chi connectivity index (χ0n) is 14.9. The van der Waals surface area contributed by atoms with E-state index in [0.717, 1.165) is 16.8 Å². The molecule has 3 aromatic rings. The summed E-state index contributed by atoms with van der Waals surface area (Å²) in [5.41, 5.74) is 3.62. The average molecular weight is 360 g/mol. The molecule has 0 unspecified atom stereocenters. The fourth-order valence-electron chi connectivity index (χ4n) is 3.45. The van der Waals surface area contributed by atoms with Crippen molar-refractivity contribution in [2.45, 2.75) is 19.9 Å². The largest absolute Gasteiger partial charge is 0.478 e. The number of carbonyl (C=O) groups is 1. The van der Waals surface area contributed by atoms with E-state index in [0.29, 0.717) is 35.4 Å². The second-order valence-corrected chi connectivity index (χ2v) is 6.59. The molecule has 2 aromatic heterocycles. The molecule has 4 rings (SSSR count). The molecular weight excluding hydrogens is 344 g/mol. The van der Waals surface area contributed by atoms with Crippen molar-refractivity contribution in [2.75, 3.05) is 0 Å². The number of hydrogen-bond donors (Lipinski definition) is 1. The van der Waals surface area contributed by atoms with Crippen LogP contribution in [0.3, 0.4) is 0 Å². The molecule has 0 fully saturated rings. The Morgan fingerprint density at radius 1 is 1.37 bits per heavy atom. The van der Waals surface area contributed by atoms with Crippen LogP contribution in [0.5, 0.6) is 0 Å². The molecule has 0 bridgehead atoms. The van der Waals surface area contributed by atoms with E-state index in [4.69, 9.17) is 0 Å². The van der Waals surface area contributed by atoms with Gasteiger partial charge in [0.25, 0.3) is 5.56 Å². The number of rotatable bonds is 2. The first-order valence-electron chi connectivity index (χ1n) is 8.46. The van der Waals surface area contributed by atoms with Crippen molar-refractivity contribution in [2.24, 2.45) is 7.05 Å². The minimum absolute atomic E-state index is 0.0976. The second kappa shape index (κ2) is 5.95. The molecule has 0 spiro atoms. The maximum absolute atomic E-state index is 12.8. The summed E-state index contributed by atoms with van der Waals surface area (Å²) in [6.45, 7) is 2.46. The molecule has 0 saturated carbocycles. The van der Waals surface area contributed by atoms with Gasteiger partial charge in [0.2, 0.25) is 0 Å². The van der Waals surface area contributed by atoms with Gasteiger partial charge in [0.05, 0.1) is 16.5 Å². The summed E-state index contributed by atoms with van der Waals surface area (Å²) in [6.07, 6.45) is 2.61. The Morgan fingerprint density at radius 2 is 2.15 bits per heavy atom. The minimum Gasteiger partial charge on any atom is -0.478 e. The average Bonchev–Trinajstić information content (AvgIpc) is 3.17. The van der Waals surface area contributed by atoms with Gasteiger partial charge in [-0.05, 0) is 54.8 Å². The number of aromatic nitrogens is 3. The van der Waals surface area contributed by atoms with E-state index in [1.165, 1.54) is 18.2 Å². The molecule has 134 valence electrons. The number of carboxylic acids is 1. The fraction of sp³-hybridized carbons (Fsp3) is 0.200. The molecule has 1 aliphatic rings. The fourth-order valence-corrected chi connectivity index (χ4v) is 3.45. The molecule has 0 saturated heterocycles. The summed E-state index contributed by atoms with van der Waals surface area (Å²) in [4.78, 5) is 28.6. The first-order chi connectivity index (χ1) is 12.9. The molecule has 0 atom stereocenters. The van der Waals surface area contributed by atoms with Gasteiger partial charge in [-0.3, -0.25) is 9.36 Å². The summed E-state index contributed by atoms with van der Waals surface area (Å²) in [5.74, 6) is -0.504. The smallest absolute Gasteiger partial charge is 0.335 e. The number of hydrogen-bond acceptors (Lipinski definition) is 4. The second-order valence-electron chi connectivity index (χ2n) is 6.59. The van der Waals surface area contributed by atoms with E-state index in [9.17, 15) is 20.0 Å². The van der Waals surface area contributed by atoms with Crippen molar-refractivity contribution < 1.29 is 9.90 Å². The third kappa shape index (κ3) is 2.54. The first kappa shape index (κ1) is 16.8. The monoisotopic (exact) mass is 360 g/mol. The molecule has 0 aliphatic carbocycles. The topological polar surface area (TPSA) is 101 Å². The van der Waals surface area contributed by atoms with Crippen LogP contribution in [0.2, 0.25) is 0 Å². The Morgan fingerprint density at radius 3 is 2.81 bits per heavy atom. The summed E-state index contributed by atoms with van der Waals surface area (Å²) < 4.78 is 3.44. The summed E-state index contributed by atoms with van der Waals surface area (Å²) >= 11 is 0. The van der Waals surface area contributed by atoms with Crippen LogP contribution < -0.4 is 5.56 Å². The number of benzene rings is 1. The molecular formula is C20H16N4O3. The first-order valence-corrected chi connectivity index (χ1v) is 8.46. The van der Waals surface area contributed by atoms with Gasteiger partial charge in [0.15, 0.2) is 0 Å². The van der Waals surface area contributed by atoms with Crippen LogP contribution in [0.1, 0.15) is 39.6 Å². The molecule has 3 heterocycles. The standard InChI is InChI=1S/C20H16N4O3/c1-11-14(8-15(10-21)23(11)2)7-12-5-6-24-18(12)22-17-9-13(20(26)27)3-4-16(17)19(24)25/h3-4,7-9H,5-6H2,1-2H3,(H,26,27). The predicted octanol–water partition coefficient (Wildman–Crippen LogP) is 2.56. The third-order valence-electron chi connectivity index (χ3n) is 5.11. The quantitative estimate of drug-likeness (QED) is 0.757. The number of carboxylic acid groups (broad SMARTS) is 1. The van der Waals surface area contributed by atoms with Gasteiger partial charge in [-0.2, -0.15) is 5.26 Å². The minimum atomic E-state index is -1.06. The van der Waals surface area contributed by atoms with E-state index in [1.54, 1.807) is 4.57 Å². The van der Waals surface area contributed by atoms with Crippen molar-refractivity contribution >= 4 is 28.5 Å². The number of allylic oxidation sites excluding steroid dienone is 1. The number of nitriles is 1. The lowest BCUT2D eigenvalue weighted by atomic mass is 10.1.